The number of hydrogen-bond acceptors (Lipinski definition) is 6. The number of carbonyl (C=O) groups is 2. The molecule has 1 amide bonds. The Hall–Kier alpha value is -3.71. The van der Waals surface area contributed by atoms with Gasteiger partial charge in [0.2, 0.25) is 0 Å². The van der Waals surface area contributed by atoms with Crippen molar-refractivity contribution in [1.82, 2.24) is 4.90 Å². The minimum absolute atomic E-state index is 0.0779. The van der Waals surface area contributed by atoms with E-state index >= 15 is 0 Å². The van der Waals surface area contributed by atoms with Crippen LogP contribution in [0.2, 0.25) is 0 Å². The largest absolute Gasteiger partial charge is 0.461 e. The van der Waals surface area contributed by atoms with Crippen molar-refractivity contribution in [2.75, 3.05) is 32.6 Å². The van der Waals surface area contributed by atoms with Gasteiger partial charge in [-0.25, -0.2) is 4.79 Å². The van der Waals surface area contributed by atoms with Crippen LogP contribution >= 0.6 is 0 Å². The van der Waals surface area contributed by atoms with Gasteiger partial charge in [0.05, 0.1) is 5.39 Å². The normalized spacial score (nSPS) is 11.2. The fourth-order valence-corrected chi connectivity index (χ4v) is 2.76. The first-order valence-electron chi connectivity index (χ1n) is 9.77. The van der Waals surface area contributed by atoms with Gasteiger partial charge in [0.1, 0.15) is 12.2 Å². The molecular formula is C24H24N2O5. The average Bonchev–Trinajstić information content (AvgIpc) is 2.73. The van der Waals surface area contributed by atoms with Crippen molar-refractivity contribution >= 4 is 34.6 Å². The Kier molecular flexibility index (Phi) is 6.99. The first-order valence-corrected chi connectivity index (χ1v) is 9.77. The summed E-state index contributed by atoms with van der Waals surface area (Å²) in [5, 5.41) is 3.02. The van der Waals surface area contributed by atoms with E-state index in [4.69, 9.17) is 9.15 Å². The van der Waals surface area contributed by atoms with E-state index in [0.29, 0.717) is 29.8 Å². The van der Waals surface area contributed by atoms with Crippen LogP contribution in [0.4, 0.5) is 5.69 Å². The van der Waals surface area contributed by atoms with E-state index in [2.05, 4.69) is 5.32 Å². The van der Waals surface area contributed by atoms with E-state index in [1.54, 1.807) is 36.4 Å². The van der Waals surface area contributed by atoms with E-state index in [0.717, 1.165) is 11.6 Å². The molecule has 2 aromatic carbocycles. The van der Waals surface area contributed by atoms with Crippen LogP contribution in [0.1, 0.15) is 21.7 Å². The van der Waals surface area contributed by atoms with Gasteiger partial charge in [-0.05, 0) is 56.9 Å². The maximum Gasteiger partial charge on any atom is 0.330 e. The maximum absolute atomic E-state index is 12.5. The highest BCUT2D eigenvalue weighted by Gasteiger charge is 2.13. The molecule has 0 aliphatic rings. The fourth-order valence-electron chi connectivity index (χ4n) is 2.76. The first-order chi connectivity index (χ1) is 14.8. The van der Waals surface area contributed by atoms with Crippen LogP contribution in [0, 0.1) is 6.92 Å². The van der Waals surface area contributed by atoms with E-state index in [1.165, 1.54) is 6.08 Å². The number of nitrogens with one attached hydrogen (secondary N) is 1. The molecule has 1 heterocycles. The second-order valence-corrected chi connectivity index (χ2v) is 7.35. The lowest BCUT2D eigenvalue weighted by Crippen LogP contribution is -2.19. The van der Waals surface area contributed by atoms with Gasteiger partial charge in [-0.3, -0.25) is 9.59 Å². The molecule has 1 N–H and O–H groups in total. The molecule has 0 radical (unpaired) electrons. The molecule has 0 unspecified atom stereocenters. The number of anilines is 1. The van der Waals surface area contributed by atoms with Crippen molar-refractivity contribution in [2.45, 2.75) is 6.92 Å². The number of esters is 1. The molecule has 0 fully saturated rings. The zero-order valence-electron chi connectivity index (χ0n) is 17.7. The van der Waals surface area contributed by atoms with Gasteiger partial charge in [0.25, 0.3) is 5.91 Å². The van der Waals surface area contributed by atoms with Crippen molar-refractivity contribution in [3.8, 4) is 0 Å². The quantitative estimate of drug-likeness (QED) is 0.465. The van der Waals surface area contributed by atoms with Gasteiger partial charge in [0.15, 0.2) is 11.2 Å². The molecule has 0 saturated carbocycles. The summed E-state index contributed by atoms with van der Waals surface area (Å²) < 4.78 is 10.7. The topological polar surface area (TPSA) is 88.8 Å². The van der Waals surface area contributed by atoms with Crippen molar-refractivity contribution in [2.24, 2.45) is 0 Å². The summed E-state index contributed by atoms with van der Waals surface area (Å²) in [5.74, 6) is -1.05. The number of nitrogens with zero attached hydrogens (tertiary/aromatic N) is 1. The average molecular weight is 420 g/mol. The van der Waals surface area contributed by atoms with E-state index in [9.17, 15) is 14.4 Å². The Balaban J connectivity index is 1.74. The number of benzene rings is 2. The third kappa shape index (κ3) is 6.13. The lowest BCUT2D eigenvalue weighted by molar-refractivity contribution is -0.137. The Bertz CT molecular complexity index is 1180. The molecule has 0 saturated heterocycles. The maximum atomic E-state index is 12.5. The van der Waals surface area contributed by atoms with Crippen molar-refractivity contribution in [3.05, 3.63) is 81.7 Å². The summed E-state index contributed by atoms with van der Waals surface area (Å²) in [6.45, 7) is 2.88. The molecule has 31 heavy (non-hydrogen) atoms. The van der Waals surface area contributed by atoms with E-state index < -0.39 is 11.9 Å². The SMILES string of the molecule is Cc1ccc(NC(=O)c2cc(=O)c3cc(/C=C/C(=O)OCCN(C)C)ccc3o2)cc1. The highest BCUT2D eigenvalue weighted by atomic mass is 16.5. The minimum Gasteiger partial charge on any atom is -0.461 e. The van der Waals surface area contributed by atoms with E-state index in [1.807, 2.05) is 38.1 Å². The summed E-state index contributed by atoms with van der Waals surface area (Å²) in [6, 6.07) is 13.3. The highest BCUT2D eigenvalue weighted by molar-refractivity contribution is 6.03. The monoisotopic (exact) mass is 420 g/mol. The van der Waals surface area contributed by atoms with Crippen LogP contribution in [0.15, 0.2) is 63.8 Å². The second kappa shape index (κ2) is 9.86. The van der Waals surface area contributed by atoms with Crippen LogP contribution in [-0.2, 0) is 9.53 Å². The van der Waals surface area contributed by atoms with Crippen LogP contribution < -0.4 is 10.7 Å². The number of fused-ring (bicyclic) bond motifs is 1. The van der Waals surface area contributed by atoms with Gasteiger partial charge in [-0.2, -0.15) is 0 Å². The number of rotatable bonds is 7. The number of likely N-dealkylation sites (N-methyl/N-ethyl adjacent to an activating group) is 1. The molecule has 7 heteroatoms. The predicted molar refractivity (Wildman–Crippen MR) is 120 cm³/mol. The molecular weight excluding hydrogens is 396 g/mol. The van der Waals surface area contributed by atoms with Gasteiger partial charge in [0, 0.05) is 24.4 Å². The molecule has 0 aliphatic carbocycles. The molecule has 0 spiro atoms. The Labute approximate surface area is 179 Å². The molecule has 3 rings (SSSR count). The molecule has 3 aromatic rings. The van der Waals surface area contributed by atoms with Gasteiger partial charge >= 0.3 is 5.97 Å². The highest BCUT2D eigenvalue weighted by Crippen LogP contribution is 2.17. The number of carbonyl (C=O) groups excluding carboxylic acids is 2. The van der Waals surface area contributed by atoms with Crippen LogP contribution in [0.3, 0.4) is 0 Å². The summed E-state index contributed by atoms with van der Waals surface area (Å²) in [5.41, 5.74) is 2.26. The van der Waals surface area contributed by atoms with Gasteiger partial charge in [-0.15, -0.1) is 0 Å². The standard InChI is InChI=1S/C24H24N2O5/c1-16-4-8-18(9-5-16)25-24(29)22-15-20(27)19-14-17(6-10-21(19)31-22)7-11-23(28)30-13-12-26(2)3/h4-11,14-15H,12-13H2,1-3H3,(H,25,29)/b11-7+. The Morgan fingerprint density at radius 3 is 2.55 bits per heavy atom. The Morgan fingerprint density at radius 2 is 1.84 bits per heavy atom. The predicted octanol–water partition coefficient (Wildman–Crippen LogP) is 3.47. The van der Waals surface area contributed by atoms with Crippen molar-refractivity contribution < 1.29 is 18.7 Å². The van der Waals surface area contributed by atoms with Crippen LogP contribution in [0.5, 0.6) is 0 Å². The molecule has 0 aliphatic heterocycles. The summed E-state index contributed by atoms with van der Waals surface area (Å²) in [7, 11) is 3.78. The van der Waals surface area contributed by atoms with Gasteiger partial charge < -0.3 is 19.4 Å². The zero-order chi connectivity index (χ0) is 22.4. The number of ether oxygens (including phenoxy) is 1. The number of hydrogen-bond donors (Lipinski definition) is 1. The third-order valence-corrected chi connectivity index (χ3v) is 4.48. The number of amides is 1. The second-order valence-electron chi connectivity index (χ2n) is 7.35. The summed E-state index contributed by atoms with van der Waals surface area (Å²) in [6.07, 6.45) is 2.87. The summed E-state index contributed by atoms with van der Waals surface area (Å²) >= 11 is 0. The first kappa shape index (κ1) is 22.0. The van der Waals surface area contributed by atoms with E-state index in [-0.39, 0.29) is 16.8 Å². The molecule has 1 aromatic heterocycles. The molecule has 0 atom stereocenters. The summed E-state index contributed by atoms with van der Waals surface area (Å²) in [4.78, 5) is 38.7. The van der Waals surface area contributed by atoms with Crippen LogP contribution in [0.25, 0.3) is 17.0 Å². The molecule has 160 valence electrons. The lowest BCUT2D eigenvalue weighted by atomic mass is 10.1. The fraction of sp³-hybridized carbons (Fsp3) is 0.208. The minimum atomic E-state index is -0.507. The molecule has 7 nitrogen and oxygen atoms in total. The van der Waals surface area contributed by atoms with Crippen molar-refractivity contribution in [1.29, 1.82) is 0 Å². The lowest BCUT2D eigenvalue weighted by Gasteiger charge is -2.08. The van der Waals surface area contributed by atoms with Crippen LogP contribution in [-0.4, -0.2) is 44.0 Å². The van der Waals surface area contributed by atoms with Crippen molar-refractivity contribution in [3.63, 3.8) is 0 Å². The van der Waals surface area contributed by atoms with Gasteiger partial charge in [-0.1, -0.05) is 23.8 Å². The third-order valence-electron chi connectivity index (χ3n) is 4.48. The number of aryl methyl sites for hydroxylation is 1. The zero-order valence-corrected chi connectivity index (χ0v) is 17.7. The molecule has 0 bridgehead atoms. The Morgan fingerprint density at radius 1 is 1.10 bits per heavy atom. The smallest absolute Gasteiger partial charge is 0.330 e.